The largest absolute Gasteiger partial charge is 0.450 e. The molecule has 0 atom stereocenters. The third-order valence-corrected chi connectivity index (χ3v) is 5.43. The lowest BCUT2D eigenvalue weighted by atomic mass is 10.1. The molecule has 0 unspecified atom stereocenters. The normalized spacial score (nSPS) is 15.1. The summed E-state index contributed by atoms with van der Waals surface area (Å²) in [5.74, 6) is 0.456. The number of amides is 1. The van der Waals surface area contributed by atoms with E-state index in [-0.39, 0.29) is 12.1 Å². The predicted molar refractivity (Wildman–Crippen MR) is 109 cm³/mol. The zero-order valence-electron chi connectivity index (χ0n) is 15.6. The maximum atomic E-state index is 12.0. The second-order valence-corrected chi connectivity index (χ2v) is 7.27. The van der Waals surface area contributed by atoms with Crippen molar-refractivity contribution in [3.05, 3.63) is 41.8 Å². The highest BCUT2D eigenvalue weighted by Gasteiger charge is 2.27. The molecule has 1 aliphatic rings. The van der Waals surface area contributed by atoms with E-state index in [4.69, 9.17) is 22.1 Å². The van der Waals surface area contributed by atoms with Gasteiger partial charge in [-0.15, -0.1) is 0 Å². The summed E-state index contributed by atoms with van der Waals surface area (Å²) in [6.45, 7) is 3.51. The third-order valence-electron chi connectivity index (χ3n) is 5.18. The van der Waals surface area contributed by atoms with Gasteiger partial charge in [0.2, 0.25) is 0 Å². The Bertz CT molecular complexity index is 994. The number of aromatic nitrogens is 3. The van der Waals surface area contributed by atoms with Crippen molar-refractivity contribution in [3.8, 4) is 11.1 Å². The molecule has 0 spiro atoms. The van der Waals surface area contributed by atoms with Crippen molar-refractivity contribution in [1.29, 1.82) is 0 Å². The van der Waals surface area contributed by atoms with Crippen LogP contribution < -0.4 is 5.73 Å². The average Bonchev–Trinajstić information content (AvgIpc) is 3.10. The number of fused-ring (bicyclic) bond motifs is 1. The SMILES string of the molecule is CCOC(=O)N1CCC(n2cc(-c3ccc(Cl)cc3)c3c(N)ncnc32)CC1. The number of piperidine rings is 1. The second-order valence-electron chi connectivity index (χ2n) is 6.83. The van der Waals surface area contributed by atoms with Crippen LogP contribution in [0, 0.1) is 0 Å². The van der Waals surface area contributed by atoms with Gasteiger partial charge < -0.3 is 19.9 Å². The Balaban J connectivity index is 1.68. The van der Waals surface area contributed by atoms with E-state index in [2.05, 4.69) is 20.7 Å². The van der Waals surface area contributed by atoms with E-state index in [9.17, 15) is 4.79 Å². The van der Waals surface area contributed by atoms with Gasteiger partial charge in [-0.05, 0) is 37.5 Å². The Labute approximate surface area is 168 Å². The van der Waals surface area contributed by atoms with Crippen molar-refractivity contribution < 1.29 is 9.53 Å². The first-order valence-electron chi connectivity index (χ1n) is 9.37. The molecule has 0 radical (unpaired) electrons. The fourth-order valence-electron chi connectivity index (χ4n) is 3.78. The van der Waals surface area contributed by atoms with Crippen LogP contribution in [0.15, 0.2) is 36.8 Å². The van der Waals surface area contributed by atoms with Crippen molar-refractivity contribution in [2.24, 2.45) is 0 Å². The number of nitrogen functional groups attached to an aromatic ring is 1. The first kappa shape index (κ1) is 18.6. The number of likely N-dealkylation sites (tertiary alicyclic amines) is 1. The molecular formula is C20H22ClN5O2. The second kappa shape index (κ2) is 7.67. The van der Waals surface area contributed by atoms with E-state index in [0.29, 0.717) is 30.5 Å². The minimum atomic E-state index is -0.244. The summed E-state index contributed by atoms with van der Waals surface area (Å²) < 4.78 is 7.28. The standard InChI is InChI=1S/C20H22ClN5O2/c1-2-28-20(27)25-9-7-15(8-10-25)26-11-16(13-3-5-14(21)6-4-13)17-18(22)23-12-24-19(17)26/h3-6,11-12,15H,2,7-10H2,1H3,(H2,22,23,24). The Morgan fingerprint density at radius 1 is 1.25 bits per heavy atom. The Morgan fingerprint density at radius 3 is 2.64 bits per heavy atom. The van der Waals surface area contributed by atoms with Crippen LogP contribution in [-0.2, 0) is 4.74 Å². The molecule has 0 bridgehead atoms. The van der Waals surface area contributed by atoms with Gasteiger partial charge in [-0.2, -0.15) is 0 Å². The number of anilines is 1. The van der Waals surface area contributed by atoms with Crippen molar-refractivity contribution in [2.45, 2.75) is 25.8 Å². The van der Waals surface area contributed by atoms with Gasteiger partial charge in [0.05, 0.1) is 12.0 Å². The van der Waals surface area contributed by atoms with E-state index in [1.807, 2.05) is 31.2 Å². The number of hydrogen-bond donors (Lipinski definition) is 1. The topological polar surface area (TPSA) is 86.3 Å². The highest BCUT2D eigenvalue weighted by atomic mass is 35.5. The Kier molecular flexibility index (Phi) is 5.09. The van der Waals surface area contributed by atoms with E-state index >= 15 is 0 Å². The molecule has 7 nitrogen and oxygen atoms in total. The van der Waals surface area contributed by atoms with Gasteiger partial charge in [0.15, 0.2) is 0 Å². The maximum Gasteiger partial charge on any atom is 0.409 e. The van der Waals surface area contributed by atoms with Crippen LogP contribution >= 0.6 is 11.6 Å². The molecule has 1 fully saturated rings. The summed E-state index contributed by atoms with van der Waals surface area (Å²) in [6.07, 6.45) is 4.99. The van der Waals surface area contributed by atoms with Crippen LogP contribution in [0.5, 0.6) is 0 Å². The van der Waals surface area contributed by atoms with Crippen LogP contribution in [0.4, 0.5) is 10.6 Å². The van der Waals surface area contributed by atoms with E-state index in [1.165, 1.54) is 6.33 Å². The number of nitrogens with zero attached hydrogens (tertiary/aromatic N) is 4. The zero-order chi connectivity index (χ0) is 19.7. The number of hydrogen-bond acceptors (Lipinski definition) is 5. The first-order chi connectivity index (χ1) is 13.6. The highest BCUT2D eigenvalue weighted by Crippen LogP contribution is 2.36. The number of carbonyl (C=O) groups is 1. The quantitative estimate of drug-likeness (QED) is 0.715. The van der Waals surface area contributed by atoms with Crippen LogP contribution in [0.2, 0.25) is 5.02 Å². The minimum absolute atomic E-state index is 0.225. The molecule has 0 aliphatic carbocycles. The van der Waals surface area contributed by atoms with Gasteiger partial charge >= 0.3 is 6.09 Å². The molecule has 2 aromatic heterocycles. The van der Waals surface area contributed by atoms with E-state index in [1.54, 1.807) is 4.90 Å². The minimum Gasteiger partial charge on any atom is -0.450 e. The predicted octanol–water partition coefficient (Wildman–Crippen LogP) is 4.13. The number of ether oxygens (including phenoxy) is 1. The molecule has 1 aromatic carbocycles. The fourth-order valence-corrected chi connectivity index (χ4v) is 3.90. The summed E-state index contributed by atoms with van der Waals surface area (Å²) in [4.78, 5) is 22.4. The van der Waals surface area contributed by atoms with Crippen LogP contribution in [0.3, 0.4) is 0 Å². The number of halogens is 1. The molecule has 1 amide bonds. The summed E-state index contributed by atoms with van der Waals surface area (Å²) in [6, 6.07) is 7.88. The summed E-state index contributed by atoms with van der Waals surface area (Å²) in [5.41, 5.74) is 9.01. The summed E-state index contributed by atoms with van der Waals surface area (Å²) in [5, 5.41) is 1.53. The molecule has 3 heterocycles. The maximum absolute atomic E-state index is 12.0. The lowest BCUT2D eigenvalue weighted by Crippen LogP contribution is -2.39. The van der Waals surface area contributed by atoms with Crippen LogP contribution in [-0.4, -0.2) is 45.2 Å². The van der Waals surface area contributed by atoms with Gasteiger partial charge in [-0.25, -0.2) is 14.8 Å². The molecular weight excluding hydrogens is 378 g/mol. The van der Waals surface area contributed by atoms with Gasteiger partial charge in [-0.3, -0.25) is 0 Å². The van der Waals surface area contributed by atoms with E-state index < -0.39 is 0 Å². The Morgan fingerprint density at radius 2 is 1.96 bits per heavy atom. The first-order valence-corrected chi connectivity index (χ1v) is 9.75. The molecule has 146 valence electrons. The van der Waals surface area contributed by atoms with Crippen LogP contribution in [0.1, 0.15) is 25.8 Å². The van der Waals surface area contributed by atoms with Crippen molar-refractivity contribution in [3.63, 3.8) is 0 Å². The Hall–Kier alpha value is -2.80. The lowest BCUT2D eigenvalue weighted by molar-refractivity contribution is 0.0930. The van der Waals surface area contributed by atoms with Crippen molar-refractivity contribution >= 4 is 34.5 Å². The summed E-state index contributed by atoms with van der Waals surface area (Å²) in [7, 11) is 0. The monoisotopic (exact) mass is 399 g/mol. The average molecular weight is 400 g/mol. The lowest BCUT2D eigenvalue weighted by Gasteiger charge is -2.32. The number of rotatable bonds is 3. The van der Waals surface area contributed by atoms with Gasteiger partial charge in [0.1, 0.15) is 17.8 Å². The zero-order valence-corrected chi connectivity index (χ0v) is 16.4. The number of nitrogens with two attached hydrogens (primary N) is 1. The fraction of sp³-hybridized carbons (Fsp3) is 0.350. The molecule has 1 saturated heterocycles. The smallest absolute Gasteiger partial charge is 0.409 e. The van der Waals surface area contributed by atoms with Gasteiger partial charge in [0, 0.05) is 35.9 Å². The molecule has 1 aliphatic heterocycles. The molecule has 8 heteroatoms. The van der Waals surface area contributed by atoms with Crippen molar-refractivity contribution in [1.82, 2.24) is 19.4 Å². The highest BCUT2D eigenvalue weighted by molar-refractivity contribution is 6.30. The number of carbonyl (C=O) groups excluding carboxylic acids is 1. The number of benzene rings is 1. The molecule has 2 N–H and O–H groups in total. The van der Waals surface area contributed by atoms with Crippen LogP contribution in [0.25, 0.3) is 22.2 Å². The molecule has 4 rings (SSSR count). The third kappa shape index (κ3) is 3.38. The molecule has 3 aromatic rings. The summed E-state index contributed by atoms with van der Waals surface area (Å²) >= 11 is 6.04. The van der Waals surface area contributed by atoms with Crippen molar-refractivity contribution in [2.75, 3.05) is 25.4 Å². The molecule has 28 heavy (non-hydrogen) atoms. The molecule has 0 saturated carbocycles. The van der Waals surface area contributed by atoms with E-state index in [0.717, 1.165) is 35.0 Å². The van der Waals surface area contributed by atoms with Gasteiger partial charge in [0.25, 0.3) is 0 Å². The van der Waals surface area contributed by atoms with Gasteiger partial charge in [-0.1, -0.05) is 23.7 Å².